The fourth-order valence-corrected chi connectivity index (χ4v) is 3.99. The van der Waals surface area contributed by atoms with E-state index in [0.29, 0.717) is 27.8 Å². The van der Waals surface area contributed by atoms with Crippen LogP contribution in [0.1, 0.15) is 19.4 Å². The number of aryl methyl sites for hydroxylation is 1. The maximum Gasteiger partial charge on any atom is 0.243 e. The summed E-state index contributed by atoms with van der Waals surface area (Å²) >= 11 is 5.95. The second-order valence-electron chi connectivity index (χ2n) is 6.75. The molecule has 0 spiro atoms. The summed E-state index contributed by atoms with van der Waals surface area (Å²) in [4.78, 5) is 12.5. The van der Waals surface area contributed by atoms with Crippen molar-refractivity contribution in [2.24, 2.45) is 0 Å². The number of halogens is 1. The zero-order valence-electron chi connectivity index (χ0n) is 17.0. The predicted octanol–water partition coefficient (Wildman–Crippen LogP) is 3.70. The van der Waals surface area contributed by atoms with Crippen molar-refractivity contribution < 1.29 is 22.7 Å². The van der Waals surface area contributed by atoms with Crippen LogP contribution in [-0.2, 0) is 14.8 Å². The minimum atomic E-state index is -3.86. The summed E-state index contributed by atoms with van der Waals surface area (Å²) in [6, 6.07) is 9.38. The molecule has 0 saturated heterocycles. The van der Waals surface area contributed by atoms with Crippen LogP contribution in [0.25, 0.3) is 0 Å². The largest absolute Gasteiger partial charge is 0.495 e. The predicted molar refractivity (Wildman–Crippen MR) is 113 cm³/mol. The third-order valence-electron chi connectivity index (χ3n) is 4.02. The molecular weight excluding hydrogens is 416 g/mol. The summed E-state index contributed by atoms with van der Waals surface area (Å²) in [5, 5.41) is 3.04. The monoisotopic (exact) mass is 440 g/mol. The molecule has 29 heavy (non-hydrogen) atoms. The van der Waals surface area contributed by atoms with E-state index in [1.807, 2.05) is 13.8 Å². The third-order valence-corrected chi connectivity index (χ3v) is 6.05. The zero-order chi connectivity index (χ0) is 21.8. The van der Waals surface area contributed by atoms with Crippen molar-refractivity contribution in [2.45, 2.75) is 31.8 Å². The number of benzene rings is 2. The van der Waals surface area contributed by atoms with E-state index < -0.39 is 15.9 Å². The molecule has 2 rings (SSSR count). The number of anilines is 1. The van der Waals surface area contributed by atoms with E-state index in [2.05, 4.69) is 5.32 Å². The summed E-state index contributed by atoms with van der Waals surface area (Å²) in [6.45, 7) is 5.19. The molecule has 0 aliphatic rings. The van der Waals surface area contributed by atoms with Crippen molar-refractivity contribution >= 4 is 33.2 Å². The lowest BCUT2D eigenvalue weighted by atomic mass is 10.2. The summed E-state index contributed by atoms with van der Waals surface area (Å²) < 4.78 is 37.5. The van der Waals surface area contributed by atoms with E-state index >= 15 is 0 Å². The molecule has 1 N–H and O–H groups in total. The van der Waals surface area contributed by atoms with Gasteiger partial charge in [-0.3, -0.25) is 4.79 Å². The van der Waals surface area contributed by atoms with Gasteiger partial charge in [0, 0.05) is 12.1 Å². The Hall–Kier alpha value is -2.29. The van der Waals surface area contributed by atoms with Crippen LogP contribution in [-0.4, -0.2) is 45.4 Å². The van der Waals surface area contributed by atoms with Crippen LogP contribution in [0.4, 0.5) is 5.69 Å². The highest BCUT2D eigenvalue weighted by Crippen LogP contribution is 2.28. The first-order chi connectivity index (χ1) is 13.5. The fourth-order valence-electron chi connectivity index (χ4n) is 2.60. The van der Waals surface area contributed by atoms with Crippen molar-refractivity contribution in [1.29, 1.82) is 0 Å². The number of sulfonamides is 1. The number of ether oxygens (including phenoxy) is 2. The summed E-state index contributed by atoms with van der Waals surface area (Å²) in [6.07, 6.45) is -0.0222. The number of likely N-dealkylation sites (N-methyl/N-ethyl adjacent to an activating group) is 1. The second-order valence-corrected chi connectivity index (χ2v) is 9.23. The molecule has 0 fully saturated rings. The van der Waals surface area contributed by atoms with E-state index in [1.54, 1.807) is 25.1 Å². The number of carbonyl (C=O) groups excluding carboxylic acids is 1. The Bertz CT molecular complexity index is 992. The van der Waals surface area contributed by atoms with Crippen LogP contribution in [0.3, 0.4) is 0 Å². The van der Waals surface area contributed by atoms with Gasteiger partial charge < -0.3 is 14.8 Å². The third kappa shape index (κ3) is 5.85. The average molecular weight is 441 g/mol. The van der Waals surface area contributed by atoms with Crippen molar-refractivity contribution in [1.82, 2.24) is 4.31 Å². The number of amides is 1. The van der Waals surface area contributed by atoms with Gasteiger partial charge in [-0.2, -0.15) is 4.31 Å². The Morgan fingerprint density at radius 1 is 1.17 bits per heavy atom. The standard InChI is InChI=1S/C20H25ClN2O5S/c1-13(2)28-18-9-7-16(10-14(18)3)29(25,26)23(4)12-20(24)22-17-11-15(21)6-8-19(17)27-5/h6-11,13H,12H2,1-5H3,(H,22,24). The highest BCUT2D eigenvalue weighted by atomic mass is 35.5. The highest BCUT2D eigenvalue weighted by Gasteiger charge is 2.24. The molecule has 9 heteroatoms. The Balaban J connectivity index is 2.15. The first-order valence-corrected chi connectivity index (χ1v) is 10.7. The van der Waals surface area contributed by atoms with Gasteiger partial charge in [-0.25, -0.2) is 8.42 Å². The van der Waals surface area contributed by atoms with Crippen LogP contribution >= 0.6 is 11.6 Å². The van der Waals surface area contributed by atoms with Gasteiger partial charge in [-0.1, -0.05) is 11.6 Å². The van der Waals surface area contributed by atoms with Gasteiger partial charge in [0.2, 0.25) is 15.9 Å². The van der Waals surface area contributed by atoms with Crippen LogP contribution in [0.15, 0.2) is 41.3 Å². The molecular formula is C20H25ClN2O5S. The number of carbonyl (C=O) groups is 1. The van der Waals surface area contributed by atoms with Gasteiger partial charge in [0.25, 0.3) is 0 Å². The number of nitrogens with one attached hydrogen (secondary N) is 1. The van der Waals surface area contributed by atoms with Gasteiger partial charge in [-0.05, 0) is 62.7 Å². The van der Waals surface area contributed by atoms with Crippen LogP contribution in [0.2, 0.25) is 5.02 Å². The minimum Gasteiger partial charge on any atom is -0.495 e. The molecule has 2 aromatic carbocycles. The molecule has 7 nitrogen and oxygen atoms in total. The molecule has 2 aromatic rings. The smallest absolute Gasteiger partial charge is 0.243 e. The molecule has 0 unspecified atom stereocenters. The lowest BCUT2D eigenvalue weighted by molar-refractivity contribution is -0.116. The Labute approximate surface area is 176 Å². The first kappa shape index (κ1) is 23.0. The highest BCUT2D eigenvalue weighted by molar-refractivity contribution is 7.89. The maximum absolute atomic E-state index is 12.8. The van der Waals surface area contributed by atoms with Crippen molar-refractivity contribution in [3.8, 4) is 11.5 Å². The molecule has 0 heterocycles. The zero-order valence-corrected chi connectivity index (χ0v) is 18.6. The molecule has 0 aromatic heterocycles. The van der Waals surface area contributed by atoms with Crippen molar-refractivity contribution in [3.63, 3.8) is 0 Å². The maximum atomic E-state index is 12.8. The Kier molecular flexibility index (Phi) is 7.51. The molecule has 0 radical (unpaired) electrons. The molecule has 0 bridgehead atoms. The normalized spacial score (nSPS) is 11.6. The first-order valence-electron chi connectivity index (χ1n) is 8.91. The average Bonchev–Trinajstić information content (AvgIpc) is 2.63. The summed E-state index contributed by atoms with van der Waals surface area (Å²) in [5.74, 6) is 0.519. The molecule has 1 amide bonds. The van der Waals surface area contributed by atoms with Gasteiger partial charge in [0.05, 0.1) is 30.3 Å². The number of hydrogen-bond acceptors (Lipinski definition) is 5. The summed E-state index contributed by atoms with van der Waals surface area (Å²) in [7, 11) is -1.05. The van der Waals surface area contributed by atoms with Gasteiger partial charge in [-0.15, -0.1) is 0 Å². The minimum absolute atomic E-state index is 0.0222. The molecule has 0 aliphatic carbocycles. The lowest BCUT2D eigenvalue weighted by Crippen LogP contribution is -2.35. The molecule has 0 saturated carbocycles. The van der Waals surface area contributed by atoms with Gasteiger partial charge >= 0.3 is 0 Å². The number of nitrogens with zero attached hydrogens (tertiary/aromatic N) is 1. The fraction of sp³-hybridized carbons (Fsp3) is 0.350. The van der Waals surface area contributed by atoms with E-state index in [9.17, 15) is 13.2 Å². The van der Waals surface area contributed by atoms with Crippen LogP contribution in [0, 0.1) is 6.92 Å². The lowest BCUT2D eigenvalue weighted by Gasteiger charge is -2.19. The van der Waals surface area contributed by atoms with Crippen molar-refractivity contribution in [2.75, 3.05) is 26.0 Å². The van der Waals surface area contributed by atoms with E-state index in [-0.39, 0.29) is 17.5 Å². The molecule has 0 aliphatic heterocycles. The quantitative estimate of drug-likeness (QED) is 0.676. The van der Waals surface area contributed by atoms with E-state index in [1.165, 1.54) is 32.4 Å². The SMILES string of the molecule is COc1ccc(Cl)cc1NC(=O)CN(C)S(=O)(=O)c1ccc(OC(C)C)c(C)c1. The van der Waals surface area contributed by atoms with E-state index in [0.717, 1.165) is 4.31 Å². The second kappa shape index (κ2) is 9.47. The molecule has 158 valence electrons. The number of hydrogen-bond donors (Lipinski definition) is 1. The summed E-state index contributed by atoms with van der Waals surface area (Å²) in [5.41, 5.74) is 1.06. The Morgan fingerprint density at radius 2 is 1.83 bits per heavy atom. The van der Waals surface area contributed by atoms with Crippen LogP contribution < -0.4 is 14.8 Å². The van der Waals surface area contributed by atoms with E-state index in [4.69, 9.17) is 21.1 Å². The number of methoxy groups -OCH3 is 1. The van der Waals surface area contributed by atoms with Crippen LogP contribution in [0.5, 0.6) is 11.5 Å². The van der Waals surface area contributed by atoms with Crippen molar-refractivity contribution in [3.05, 3.63) is 47.0 Å². The number of rotatable bonds is 8. The van der Waals surface area contributed by atoms with Gasteiger partial charge in [0.1, 0.15) is 11.5 Å². The molecule has 0 atom stereocenters. The topological polar surface area (TPSA) is 84.9 Å². The van der Waals surface area contributed by atoms with Gasteiger partial charge in [0.15, 0.2) is 0 Å². The Morgan fingerprint density at radius 3 is 2.41 bits per heavy atom.